The van der Waals surface area contributed by atoms with Crippen molar-refractivity contribution in [2.45, 2.75) is 6.92 Å². The van der Waals surface area contributed by atoms with E-state index in [0.29, 0.717) is 28.3 Å². The Balaban J connectivity index is 2.04. The molecule has 3 rings (SSSR count). The minimum atomic E-state index is -0.390. The maximum atomic E-state index is 13.0. The normalized spacial score (nSPS) is 10.6. The maximum absolute atomic E-state index is 13.0. The van der Waals surface area contributed by atoms with Gasteiger partial charge in [-0.3, -0.25) is 4.79 Å². The molecule has 1 heterocycles. The van der Waals surface area contributed by atoms with Crippen molar-refractivity contribution >= 4 is 5.78 Å². The number of halogens is 1. The van der Waals surface area contributed by atoms with Crippen LogP contribution in [0.15, 0.2) is 53.1 Å². The number of nitrogens with zero attached hydrogens (tertiary/aromatic N) is 1. The van der Waals surface area contributed by atoms with Crippen LogP contribution >= 0.6 is 0 Å². The number of ether oxygens (including phenoxy) is 1. The Hall–Kier alpha value is -2.95. The highest BCUT2D eigenvalue weighted by Gasteiger charge is 2.23. The molecule has 0 saturated heterocycles. The quantitative estimate of drug-likeness (QED) is 0.683. The number of methoxy groups -OCH3 is 1. The molecule has 23 heavy (non-hydrogen) atoms. The largest absolute Gasteiger partial charge is 0.497 e. The van der Waals surface area contributed by atoms with E-state index in [1.165, 1.54) is 24.3 Å². The van der Waals surface area contributed by atoms with E-state index in [1.54, 1.807) is 38.3 Å². The first kappa shape index (κ1) is 15.0. The third-order valence-corrected chi connectivity index (χ3v) is 3.55. The number of rotatable bonds is 4. The topological polar surface area (TPSA) is 52.3 Å². The van der Waals surface area contributed by atoms with Gasteiger partial charge in [-0.05, 0) is 55.5 Å². The number of hydrogen-bond acceptors (Lipinski definition) is 4. The van der Waals surface area contributed by atoms with Gasteiger partial charge in [0, 0.05) is 11.1 Å². The Bertz CT molecular complexity index is 836. The molecule has 0 unspecified atom stereocenters. The van der Waals surface area contributed by atoms with Gasteiger partial charge in [-0.2, -0.15) is 0 Å². The lowest BCUT2D eigenvalue weighted by atomic mass is 9.98. The van der Waals surface area contributed by atoms with Gasteiger partial charge in [-0.25, -0.2) is 4.39 Å². The van der Waals surface area contributed by atoms with Crippen molar-refractivity contribution in [3.63, 3.8) is 0 Å². The number of ketones is 1. The third-order valence-electron chi connectivity index (χ3n) is 3.55. The molecule has 0 aliphatic rings. The third kappa shape index (κ3) is 2.85. The molecule has 0 saturated carbocycles. The van der Waals surface area contributed by atoms with Gasteiger partial charge in [0.1, 0.15) is 11.6 Å². The zero-order valence-electron chi connectivity index (χ0n) is 12.7. The lowest BCUT2D eigenvalue weighted by molar-refractivity contribution is 0.103. The van der Waals surface area contributed by atoms with Crippen LogP contribution < -0.4 is 4.74 Å². The van der Waals surface area contributed by atoms with Gasteiger partial charge in [0.05, 0.1) is 18.4 Å². The number of carbonyl (C=O) groups excluding carboxylic acids is 1. The van der Waals surface area contributed by atoms with Gasteiger partial charge < -0.3 is 9.26 Å². The van der Waals surface area contributed by atoms with Crippen molar-refractivity contribution in [2.24, 2.45) is 0 Å². The summed E-state index contributed by atoms with van der Waals surface area (Å²) < 4.78 is 23.5. The number of benzene rings is 2. The van der Waals surface area contributed by atoms with Gasteiger partial charge >= 0.3 is 0 Å². The Morgan fingerprint density at radius 3 is 2.35 bits per heavy atom. The van der Waals surface area contributed by atoms with Crippen molar-refractivity contribution in [1.82, 2.24) is 5.16 Å². The summed E-state index contributed by atoms with van der Waals surface area (Å²) in [7, 11) is 1.58. The van der Waals surface area contributed by atoms with Gasteiger partial charge in [0.15, 0.2) is 11.5 Å². The molecule has 0 spiro atoms. The van der Waals surface area contributed by atoms with Crippen LogP contribution in [0.2, 0.25) is 0 Å². The van der Waals surface area contributed by atoms with E-state index in [1.807, 2.05) is 0 Å². The van der Waals surface area contributed by atoms with E-state index in [2.05, 4.69) is 5.16 Å². The molecule has 1 aromatic heterocycles. The molecule has 0 aliphatic carbocycles. The number of aromatic nitrogens is 1. The fourth-order valence-electron chi connectivity index (χ4n) is 2.32. The van der Waals surface area contributed by atoms with Crippen molar-refractivity contribution in [3.05, 3.63) is 71.2 Å². The number of carbonyl (C=O) groups is 1. The highest BCUT2D eigenvalue weighted by atomic mass is 19.1. The van der Waals surface area contributed by atoms with Crippen molar-refractivity contribution in [3.8, 4) is 17.1 Å². The average molecular weight is 311 g/mol. The van der Waals surface area contributed by atoms with Gasteiger partial charge in [0.25, 0.3) is 0 Å². The lowest BCUT2D eigenvalue weighted by Gasteiger charge is -2.04. The summed E-state index contributed by atoms with van der Waals surface area (Å²) in [6.45, 7) is 1.70. The van der Waals surface area contributed by atoms with Crippen LogP contribution in [0.25, 0.3) is 11.3 Å². The number of aryl methyl sites for hydroxylation is 1. The predicted octanol–water partition coefficient (Wildman–Crippen LogP) is 4.03. The van der Waals surface area contributed by atoms with E-state index < -0.39 is 0 Å². The molecule has 0 fully saturated rings. The van der Waals surface area contributed by atoms with Gasteiger partial charge in [-0.1, -0.05) is 5.16 Å². The van der Waals surface area contributed by atoms with Crippen LogP contribution in [0.4, 0.5) is 4.39 Å². The van der Waals surface area contributed by atoms with Crippen molar-refractivity contribution < 1.29 is 18.4 Å². The maximum Gasteiger partial charge on any atom is 0.198 e. The van der Waals surface area contributed by atoms with Crippen LogP contribution in [-0.2, 0) is 0 Å². The molecule has 5 heteroatoms. The Morgan fingerprint density at radius 2 is 1.74 bits per heavy atom. The molecule has 0 bridgehead atoms. The molecule has 0 atom stereocenters. The summed E-state index contributed by atoms with van der Waals surface area (Å²) in [5, 5.41) is 3.90. The molecule has 116 valence electrons. The fourth-order valence-corrected chi connectivity index (χ4v) is 2.32. The standard InChI is InChI=1S/C18H14FNO3/c1-11-16(17(21)12-3-7-14(19)8-4-12)18(23-20-11)13-5-9-15(22-2)10-6-13/h3-10H,1-2H3. The van der Waals surface area contributed by atoms with Crippen molar-refractivity contribution in [2.75, 3.05) is 7.11 Å². The molecule has 0 radical (unpaired) electrons. The SMILES string of the molecule is COc1ccc(-c2onc(C)c2C(=O)c2ccc(F)cc2)cc1. The van der Waals surface area contributed by atoms with E-state index in [9.17, 15) is 9.18 Å². The monoisotopic (exact) mass is 311 g/mol. The fraction of sp³-hybridized carbons (Fsp3) is 0.111. The second kappa shape index (κ2) is 6.04. The highest BCUT2D eigenvalue weighted by Crippen LogP contribution is 2.29. The minimum Gasteiger partial charge on any atom is -0.497 e. The van der Waals surface area contributed by atoms with Crippen LogP contribution in [0.1, 0.15) is 21.6 Å². The molecule has 0 amide bonds. The minimum absolute atomic E-state index is 0.255. The molecule has 0 N–H and O–H groups in total. The smallest absolute Gasteiger partial charge is 0.198 e. The molecule has 4 nitrogen and oxygen atoms in total. The highest BCUT2D eigenvalue weighted by molar-refractivity contribution is 6.12. The first-order chi connectivity index (χ1) is 11.1. The zero-order valence-corrected chi connectivity index (χ0v) is 12.7. The van der Waals surface area contributed by atoms with Crippen LogP contribution in [0.3, 0.4) is 0 Å². The molecule has 3 aromatic rings. The van der Waals surface area contributed by atoms with Crippen molar-refractivity contribution in [1.29, 1.82) is 0 Å². The van der Waals surface area contributed by atoms with Crippen LogP contribution in [0.5, 0.6) is 5.75 Å². The Morgan fingerprint density at radius 1 is 1.09 bits per heavy atom. The van der Waals surface area contributed by atoms with E-state index in [0.717, 1.165) is 5.56 Å². The molecule has 2 aromatic carbocycles. The van der Waals surface area contributed by atoms with Crippen LogP contribution in [0, 0.1) is 12.7 Å². The summed E-state index contributed by atoms with van der Waals surface area (Å²) in [6.07, 6.45) is 0. The average Bonchev–Trinajstić information content (AvgIpc) is 2.96. The summed E-state index contributed by atoms with van der Waals surface area (Å²) in [6, 6.07) is 12.5. The Labute approximate surface area is 132 Å². The van der Waals surface area contributed by atoms with E-state index >= 15 is 0 Å². The predicted molar refractivity (Wildman–Crippen MR) is 83.1 cm³/mol. The van der Waals surface area contributed by atoms with E-state index in [4.69, 9.17) is 9.26 Å². The summed E-state index contributed by atoms with van der Waals surface area (Å²) in [5.74, 6) is 0.449. The molecular formula is C18H14FNO3. The van der Waals surface area contributed by atoms with Gasteiger partial charge in [-0.15, -0.1) is 0 Å². The lowest BCUT2D eigenvalue weighted by Crippen LogP contribution is -2.03. The first-order valence-electron chi connectivity index (χ1n) is 7.01. The summed E-state index contributed by atoms with van der Waals surface area (Å²) in [4.78, 5) is 12.7. The number of hydrogen-bond donors (Lipinski definition) is 0. The van der Waals surface area contributed by atoms with Gasteiger partial charge in [0.2, 0.25) is 0 Å². The first-order valence-corrected chi connectivity index (χ1v) is 7.01. The summed E-state index contributed by atoms with van der Waals surface area (Å²) >= 11 is 0. The second-order valence-corrected chi connectivity index (χ2v) is 5.04. The zero-order chi connectivity index (χ0) is 16.4. The summed E-state index contributed by atoms with van der Waals surface area (Å²) in [5.41, 5.74) is 1.97. The molecule has 0 aliphatic heterocycles. The molecular weight excluding hydrogens is 297 g/mol. The Kier molecular flexibility index (Phi) is 3.93. The van der Waals surface area contributed by atoms with E-state index in [-0.39, 0.29) is 11.6 Å². The second-order valence-electron chi connectivity index (χ2n) is 5.04. The van der Waals surface area contributed by atoms with Crippen LogP contribution in [-0.4, -0.2) is 18.0 Å².